The molecule has 0 amide bonds. The van der Waals surface area contributed by atoms with Gasteiger partial charge >= 0.3 is 11.9 Å². The summed E-state index contributed by atoms with van der Waals surface area (Å²) >= 11 is 0. The molecule has 0 fully saturated rings. The van der Waals surface area contributed by atoms with Crippen molar-refractivity contribution in [2.75, 3.05) is 13.2 Å². The Bertz CT molecular complexity index is 678. The summed E-state index contributed by atoms with van der Waals surface area (Å²) < 4.78 is 10.9. The Morgan fingerprint density at radius 1 is 0.636 bits per heavy atom. The first-order chi connectivity index (χ1) is 15.8. The molecule has 0 atom stereocenters. The zero-order chi connectivity index (χ0) is 24.5. The number of ether oxygens (including phenoxy) is 2. The molecule has 0 saturated carbocycles. The van der Waals surface area contributed by atoms with Crippen LogP contribution in [0.15, 0.2) is 18.2 Å². The normalized spacial score (nSPS) is 11.2. The van der Waals surface area contributed by atoms with Gasteiger partial charge in [-0.15, -0.1) is 0 Å². The summed E-state index contributed by atoms with van der Waals surface area (Å²) in [6, 6.07) is 5.23. The van der Waals surface area contributed by atoms with Crippen molar-refractivity contribution in [1.29, 1.82) is 0 Å². The molecule has 1 aromatic carbocycles. The Balaban J connectivity index is 2.35. The van der Waals surface area contributed by atoms with Gasteiger partial charge in [-0.05, 0) is 43.7 Å². The fourth-order valence-electron chi connectivity index (χ4n) is 3.86. The minimum absolute atomic E-state index is 0.302. The molecule has 0 bridgehead atoms. The number of hydrogen-bond donors (Lipinski definition) is 0. The van der Waals surface area contributed by atoms with E-state index in [1.165, 1.54) is 51.4 Å². The van der Waals surface area contributed by atoms with Gasteiger partial charge in [0.05, 0.1) is 24.3 Å². The van der Waals surface area contributed by atoms with Crippen LogP contribution in [-0.4, -0.2) is 25.2 Å². The molecule has 0 aliphatic carbocycles. The van der Waals surface area contributed by atoms with E-state index in [9.17, 15) is 9.59 Å². The van der Waals surface area contributed by atoms with Crippen LogP contribution in [0.3, 0.4) is 0 Å². The van der Waals surface area contributed by atoms with E-state index in [0.717, 1.165) is 43.1 Å². The molecule has 4 heteroatoms. The van der Waals surface area contributed by atoms with E-state index in [2.05, 4.69) is 27.7 Å². The minimum Gasteiger partial charge on any atom is -0.462 e. The molecule has 0 spiro atoms. The number of benzene rings is 1. The maximum atomic E-state index is 12.6. The molecule has 4 nitrogen and oxygen atoms in total. The smallest absolute Gasteiger partial charge is 0.339 e. The van der Waals surface area contributed by atoms with Crippen LogP contribution in [0.25, 0.3) is 0 Å². The lowest BCUT2D eigenvalue weighted by molar-refractivity contribution is 0.0450. The lowest BCUT2D eigenvalue weighted by atomic mass is 10.0. The predicted molar refractivity (Wildman–Crippen MR) is 137 cm³/mol. The van der Waals surface area contributed by atoms with Gasteiger partial charge < -0.3 is 9.47 Å². The molecule has 1 aromatic rings. The van der Waals surface area contributed by atoms with Crippen LogP contribution in [0.4, 0.5) is 0 Å². The van der Waals surface area contributed by atoms with Gasteiger partial charge in [-0.1, -0.05) is 104 Å². The van der Waals surface area contributed by atoms with Crippen LogP contribution in [0.2, 0.25) is 0 Å². The van der Waals surface area contributed by atoms with Gasteiger partial charge in [0, 0.05) is 0 Å². The molecular formula is C29H48O4. The molecule has 0 unspecified atom stereocenters. The lowest BCUT2D eigenvalue weighted by Gasteiger charge is -2.11. The van der Waals surface area contributed by atoms with Gasteiger partial charge in [-0.3, -0.25) is 0 Å². The molecule has 0 N–H and O–H groups in total. The van der Waals surface area contributed by atoms with Crippen molar-refractivity contribution in [3.63, 3.8) is 0 Å². The van der Waals surface area contributed by atoms with E-state index < -0.39 is 11.9 Å². The summed E-state index contributed by atoms with van der Waals surface area (Å²) in [5.41, 5.74) is 1.53. The average molecular weight is 461 g/mol. The monoisotopic (exact) mass is 460 g/mol. The van der Waals surface area contributed by atoms with Crippen molar-refractivity contribution >= 4 is 11.9 Å². The Morgan fingerprint density at radius 2 is 1.06 bits per heavy atom. The zero-order valence-corrected chi connectivity index (χ0v) is 21.9. The van der Waals surface area contributed by atoms with Crippen LogP contribution in [0.5, 0.6) is 0 Å². The molecule has 33 heavy (non-hydrogen) atoms. The number of unbranched alkanes of at least 4 members (excludes halogenated alkanes) is 8. The first-order valence-electron chi connectivity index (χ1n) is 13.3. The second kappa shape index (κ2) is 17.6. The zero-order valence-electron chi connectivity index (χ0n) is 21.9. The Hall–Kier alpha value is -1.84. The third-order valence-corrected chi connectivity index (χ3v) is 5.93. The third kappa shape index (κ3) is 14.1. The predicted octanol–water partition coefficient (Wildman–Crippen LogP) is 8.30. The first kappa shape index (κ1) is 29.2. The maximum absolute atomic E-state index is 12.6. The summed E-state index contributed by atoms with van der Waals surface area (Å²) in [5, 5.41) is 0. The lowest BCUT2D eigenvalue weighted by Crippen LogP contribution is -2.15. The Morgan fingerprint density at radius 3 is 1.55 bits per heavy atom. The number of carbonyl (C=O) groups excluding carboxylic acids is 2. The molecule has 1 rings (SSSR count). The highest BCUT2D eigenvalue weighted by Crippen LogP contribution is 2.17. The number of carbonyl (C=O) groups is 2. The largest absolute Gasteiger partial charge is 0.462 e. The Labute approximate surface area is 202 Å². The second-order valence-electron chi connectivity index (χ2n) is 10.2. The topological polar surface area (TPSA) is 52.6 Å². The fraction of sp³-hybridized carbons (Fsp3) is 0.724. The van der Waals surface area contributed by atoms with E-state index >= 15 is 0 Å². The molecular weight excluding hydrogens is 412 g/mol. The molecule has 188 valence electrons. The molecule has 0 heterocycles. The van der Waals surface area contributed by atoms with Crippen LogP contribution in [0, 0.1) is 18.8 Å². The van der Waals surface area contributed by atoms with Crippen LogP contribution < -0.4 is 0 Å². The van der Waals surface area contributed by atoms with E-state index in [1.54, 1.807) is 12.1 Å². The number of rotatable bonds is 18. The van der Waals surface area contributed by atoms with Crippen molar-refractivity contribution in [3.05, 3.63) is 34.9 Å². The third-order valence-electron chi connectivity index (χ3n) is 5.93. The standard InChI is InChI=1S/C29H48O4/c1-23(2)16-12-8-6-10-14-20-32-28(30)26-19-18-25(5)22-27(26)29(31)33-21-15-11-7-9-13-17-24(3)4/h18-19,22-24H,6-17,20-21H2,1-5H3. The molecule has 0 saturated heterocycles. The minimum atomic E-state index is -0.438. The summed E-state index contributed by atoms with van der Waals surface area (Å²) in [6.07, 6.45) is 13.7. The van der Waals surface area contributed by atoms with Gasteiger partial charge in [0.15, 0.2) is 0 Å². The summed E-state index contributed by atoms with van der Waals surface area (Å²) in [6.45, 7) is 11.7. The number of aryl methyl sites for hydroxylation is 1. The van der Waals surface area contributed by atoms with Gasteiger partial charge in [0.25, 0.3) is 0 Å². The van der Waals surface area contributed by atoms with Gasteiger partial charge in [0.1, 0.15) is 0 Å². The number of hydrogen-bond acceptors (Lipinski definition) is 4. The fourth-order valence-corrected chi connectivity index (χ4v) is 3.86. The quantitative estimate of drug-likeness (QED) is 0.163. The van der Waals surface area contributed by atoms with Gasteiger partial charge in [-0.25, -0.2) is 9.59 Å². The van der Waals surface area contributed by atoms with E-state index in [4.69, 9.17) is 9.47 Å². The molecule has 0 aliphatic rings. The first-order valence-corrected chi connectivity index (χ1v) is 13.3. The van der Waals surface area contributed by atoms with Gasteiger partial charge in [0.2, 0.25) is 0 Å². The summed E-state index contributed by atoms with van der Waals surface area (Å²) in [7, 11) is 0. The van der Waals surface area contributed by atoms with E-state index in [0.29, 0.717) is 24.3 Å². The summed E-state index contributed by atoms with van der Waals surface area (Å²) in [4.78, 5) is 25.2. The maximum Gasteiger partial charge on any atom is 0.339 e. The molecule has 0 radical (unpaired) electrons. The second-order valence-corrected chi connectivity index (χ2v) is 10.2. The highest BCUT2D eigenvalue weighted by atomic mass is 16.5. The van der Waals surface area contributed by atoms with Crippen LogP contribution >= 0.6 is 0 Å². The summed E-state index contributed by atoms with van der Waals surface area (Å²) in [5.74, 6) is 0.657. The molecule has 0 aliphatic heterocycles. The van der Waals surface area contributed by atoms with Crippen LogP contribution in [-0.2, 0) is 9.47 Å². The average Bonchev–Trinajstić information content (AvgIpc) is 2.76. The van der Waals surface area contributed by atoms with Crippen molar-refractivity contribution in [2.24, 2.45) is 11.8 Å². The SMILES string of the molecule is Cc1ccc(C(=O)OCCCCCCCC(C)C)c(C(=O)OCCCCCCCC(C)C)c1. The van der Waals surface area contributed by atoms with Crippen molar-refractivity contribution in [2.45, 2.75) is 112 Å². The van der Waals surface area contributed by atoms with Crippen molar-refractivity contribution < 1.29 is 19.1 Å². The van der Waals surface area contributed by atoms with Gasteiger partial charge in [-0.2, -0.15) is 0 Å². The highest BCUT2D eigenvalue weighted by Gasteiger charge is 2.19. The Kier molecular flexibility index (Phi) is 15.6. The molecule has 0 aromatic heterocycles. The van der Waals surface area contributed by atoms with Crippen molar-refractivity contribution in [1.82, 2.24) is 0 Å². The van der Waals surface area contributed by atoms with E-state index in [1.807, 2.05) is 13.0 Å². The van der Waals surface area contributed by atoms with Crippen molar-refractivity contribution in [3.8, 4) is 0 Å². The highest BCUT2D eigenvalue weighted by molar-refractivity contribution is 6.03. The van der Waals surface area contributed by atoms with Crippen LogP contribution in [0.1, 0.15) is 131 Å². The number of esters is 2. The van der Waals surface area contributed by atoms with E-state index in [-0.39, 0.29) is 0 Å².